The van der Waals surface area contributed by atoms with Crippen LogP contribution >= 0.6 is 15.9 Å². The predicted octanol–water partition coefficient (Wildman–Crippen LogP) is 3.37. The summed E-state index contributed by atoms with van der Waals surface area (Å²) in [6.45, 7) is 9.31. The lowest BCUT2D eigenvalue weighted by molar-refractivity contribution is 0.276. The van der Waals surface area contributed by atoms with E-state index in [1.807, 2.05) is 0 Å². The maximum Gasteiger partial charge on any atom is 0.0532 e. The van der Waals surface area contributed by atoms with Crippen LogP contribution in [-0.4, -0.2) is 4.57 Å². The standard InChI is InChI=1S/C13H19BrN2/c1-9(14)8-16-5-4-10-11(15)6-13(2,3)7-12(10)16/h4-5,11H,1,6-8,15H2,2-3H3. The van der Waals surface area contributed by atoms with E-state index in [0.29, 0.717) is 5.41 Å². The summed E-state index contributed by atoms with van der Waals surface area (Å²) in [7, 11) is 0. The van der Waals surface area contributed by atoms with E-state index in [4.69, 9.17) is 5.73 Å². The Balaban J connectivity index is 2.37. The normalized spacial score (nSPS) is 22.9. The number of nitrogens with two attached hydrogens (primary N) is 1. The highest BCUT2D eigenvalue weighted by atomic mass is 79.9. The molecule has 0 aliphatic heterocycles. The van der Waals surface area contributed by atoms with Crippen molar-refractivity contribution in [2.45, 2.75) is 39.3 Å². The summed E-state index contributed by atoms with van der Waals surface area (Å²) >= 11 is 3.42. The van der Waals surface area contributed by atoms with Crippen LogP contribution in [0.2, 0.25) is 0 Å². The molecule has 88 valence electrons. The largest absolute Gasteiger partial charge is 0.346 e. The van der Waals surface area contributed by atoms with Crippen molar-refractivity contribution in [3.8, 4) is 0 Å². The average molecular weight is 283 g/mol. The Labute approximate surface area is 106 Å². The third-order valence-electron chi connectivity index (χ3n) is 3.27. The van der Waals surface area contributed by atoms with Gasteiger partial charge < -0.3 is 10.3 Å². The smallest absolute Gasteiger partial charge is 0.0532 e. The number of rotatable bonds is 2. The van der Waals surface area contributed by atoms with E-state index in [-0.39, 0.29) is 6.04 Å². The highest BCUT2D eigenvalue weighted by Crippen LogP contribution is 2.40. The Bertz CT molecular complexity index is 418. The molecule has 16 heavy (non-hydrogen) atoms. The molecule has 0 radical (unpaired) electrons. The van der Waals surface area contributed by atoms with Gasteiger partial charge in [0.15, 0.2) is 0 Å². The van der Waals surface area contributed by atoms with Gasteiger partial charge in [-0.05, 0) is 29.9 Å². The number of fused-ring (bicyclic) bond motifs is 1. The third kappa shape index (κ3) is 2.25. The Morgan fingerprint density at radius 2 is 2.38 bits per heavy atom. The Hall–Kier alpha value is -0.540. The fourth-order valence-electron chi connectivity index (χ4n) is 2.63. The summed E-state index contributed by atoms with van der Waals surface area (Å²) in [5.41, 5.74) is 9.21. The molecule has 0 bridgehead atoms. The predicted molar refractivity (Wildman–Crippen MR) is 71.5 cm³/mol. The van der Waals surface area contributed by atoms with E-state index in [2.05, 4.69) is 53.2 Å². The van der Waals surface area contributed by atoms with Gasteiger partial charge in [0.1, 0.15) is 0 Å². The minimum Gasteiger partial charge on any atom is -0.346 e. The molecule has 0 saturated heterocycles. The van der Waals surface area contributed by atoms with Crippen molar-refractivity contribution in [2.75, 3.05) is 0 Å². The molecular weight excluding hydrogens is 264 g/mol. The highest BCUT2D eigenvalue weighted by molar-refractivity contribution is 9.11. The SMILES string of the molecule is C=C(Br)Cn1ccc2c1CC(C)(C)CC2N. The molecule has 2 N–H and O–H groups in total. The molecule has 1 aliphatic carbocycles. The number of hydrogen-bond donors (Lipinski definition) is 1. The first-order valence-corrected chi connectivity index (χ1v) is 6.45. The maximum atomic E-state index is 6.22. The van der Waals surface area contributed by atoms with E-state index in [1.54, 1.807) is 0 Å². The van der Waals surface area contributed by atoms with Crippen LogP contribution in [0.5, 0.6) is 0 Å². The van der Waals surface area contributed by atoms with Crippen molar-refractivity contribution in [2.24, 2.45) is 11.1 Å². The van der Waals surface area contributed by atoms with Gasteiger partial charge in [-0.1, -0.05) is 36.4 Å². The second-order valence-corrected chi connectivity index (χ2v) is 6.64. The Morgan fingerprint density at radius 1 is 1.69 bits per heavy atom. The number of hydrogen-bond acceptors (Lipinski definition) is 1. The van der Waals surface area contributed by atoms with Crippen LogP contribution in [0.3, 0.4) is 0 Å². The third-order valence-corrected chi connectivity index (χ3v) is 3.52. The molecule has 1 aromatic rings. The van der Waals surface area contributed by atoms with Gasteiger partial charge >= 0.3 is 0 Å². The topological polar surface area (TPSA) is 30.9 Å². The van der Waals surface area contributed by atoms with Gasteiger partial charge in [0, 0.05) is 22.4 Å². The summed E-state index contributed by atoms with van der Waals surface area (Å²) in [4.78, 5) is 0. The highest BCUT2D eigenvalue weighted by Gasteiger charge is 2.32. The number of nitrogens with zero attached hydrogens (tertiary/aromatic N) is 1. The van der Waals surface area contributed by atoms with Crippen molar-refractivity contribution >= 4 is 15.9 Å². The lowest BCUT2D eigenvalue weighted by atomic mass is 9.74. The van der Waals surface area contributed by atoms with Crippen LogP contribution < -0.4 is 5.73 Å². The number of halogens is 1. The maximum absolute atomic E-state index is 6.22. The summed E-state index contributed by atoms with van der Waals surface area (Å²) in [5, 5.41) is 0. The first-order chi connectivity index (χ1) is 7.39. The molecule has 0 fully saturated rings. The Morgan fingerprint density at radius 3 is 3.00 bits per heavy atom. The fraction of sp³-hybridized carbons (Fsp3) is 0.538. The Kier molecular flexibility index (Phi) is 3.01. The molecule has 0 aromatic carbocycles. The molecule has 2 nitrogen and oxygen atoms in total. The summed E-state index contributed by atoms with van der Waals surface area (Å²) in [6.07, 6.45) is 4.29. The quantitative estimate of drug-likeness (QED) is 0.886. The van der Waals surface area contributed by atoms with Crippen LogP contribution in [0.1, 0.15) is 37.6 Å². The second kappa shape index (κ2) is 4.04. The summed E-state index contributed by atoms with van der Waals surface area (Å²) in [6, 6.07) is 2.34. The molecule has 0 amide bonds. The monoisotopic (exact) mass is 282 g/mol. The zero-order valence-electron chi connectivity index (χ0n) is 9.96. The summed E-state index contributed by atoms with van der Waals surface area (Å²) in [5.74, 6) is 0. The minimum atomic E-state index is 0.184. The van der Waals surface area contributed by atoms with Crippen LogP contribution in [0.25, 0.3) is 0 Å². The van der Waals surface area contributed by atoms with Crippen molar-refractivity contribution in [1.82, 2.24) is 4.57 Å². The van der Waals surface area contributed by atoms with Gasteiger partial charge in [0.2, 0.25) is 0 Å². The van der Waals surface area contributed by atoms with Gasteiger partial charge in [0.05, 0.1) is 6.54 Å². The summed E-state index contributed by atoms with van der Waals surface area (Å²) < 4.78 is 3.26. The van der Waals surface area contributed by atoms with Gasteiger partial charge in [-0.3, -0.25) is 0 Å². The van der Waals surface area contributed by atoms with Gasteiger partial charge in [-0.25, -0.2) is 0 Å². The van der Waals surface area contributed by atoms with Gasteiger partial charge in [-0.15, -0.1) is 0 Å². The van der Waals surface area contributed by atoms with Crippen LogP contribution in [0.4, 0.5) is 0 Å². The van der Waals surface area contributed by atoms with Crippen LogP contribution in [-0.2, 0) is 13.0 Å². The van der Waals surface area contributed by atoms with E-state index in [1.165, 1.54) is 11.3 Å². The molecule has 1 heterocycles. The van der Waals surface area contributed by atoms with Crippen LogP contribution in [0, 0.1) is 5.41 Å². The molecule has 1 atom stereocenters. The fourth-order valence-corrected chi connectivity index (χ4v) is 2.90. The second-order valence-electron chi connectivity index (χ2n) is 5.51. The minimum absolute atomic E-state index is 0.184. The molecule has 3 heteroatoms. The number of allylic oxidation sites excluding steroid dienone is 1. The number of aromatic nitrogens is 1. The van der Waals surface area contributed by atoms with Gasteiger partial charge in [0.25, 0.3) is 0 Å². The van der Waals surface area contributed by atoms with Crippen molar-refractivity contribution in [3.63, 3.8) is 0 Å². The zero-order chi connectivity index (χ0) is 11.9. The first kappa shape index (κ1) is 11.9. The molecule has 0 saturated carbocycles. The van der Waals surface area contributed by atoms with Crippen molar-refractivity contribution in [3.05, 3.63) is 34.6 Å². The first-order valence-electron chi connectivity index (χ1n) is 5.66. The molecule has 1 aromatic heterocycles. The lowest BCUT2D eigenvalue weighted by Crippen LogP contribution is -2.30. The molecule has 2 rings (SSSR count). The van der Waals surface area contributed by atoms with Gasteiger partial charge in [-0.2, -0.15) is 0 Å². The van der Waals surface area contributed by atoms with E-state index < -0.39 is 0 Å². The van der Waals surface area contributed by atoms with Crippen molar-refractivity contribution in [1.29, 1.82) is 0 Å². The molecule has 1 aliphatic rings. The van der Waals surface area contributed by atoms with E-state index >= 15 is 0 Å². The molecule has 0 spiro atoms. The lowest BCUT2D eigenvalue weighted by Gasteiger charge is -2.34. The van der Waals surface area contributed by atoms with Crippen molar-refractivity contribution < 1.29 is 0 Å². The average Bonchev–Trinajstić information content (AvgIpc) is 2.45. The zero-order valence-corrected chi connectivity index (χ0v) is 11.5. The van der Waals surface area contributed by atoms with E-state index in [0.717, 1.165) is 23.9 Å². The van der Waals surface area contributed by atoms with E-state index in [9.17, 15) is 0 Å². The molecule has 1 unspecified atom stereocenters. The van der Waals surface area contributed by atoms with Crippen LogP contribution in [0.15, 0.2) is 23.3 Å². The molecular formula is C13H19BrN2.